The van der Waals surface area contributed by atoms with Crippen molar-refractivity contribution in [2.45, 2.75) is 69.7 Å². The Labute approximate surface area is 96.9 Å². The number of carbonyl (C=O) groups is 1. The highest BCUT2D eigenvalue weighted by atomic mass is 16.5. The largest absolute Gasteiger partial charge is 0.365 e. The van der Waals surface area contributed by atoms with Crippen molar-refractivity contribution < 1.29 is 9.53 Å². The third kappa shape index (κ3) is 3.46. The summed E-state index contributed by atoms with van der Waals surface area (Å²) in [5.41, 5.74) is 5.89. The molecule has 0 aromatic heterocycles. The van der Waals surface area contributed by atoms with Crippen LogP contribution in [0.1, 0.15) is 45.4 Å². The molecule has 3 N–H and O–H groups in total. The number of rotatable bonds is 4. The zero-order chi connectivity index (χ0) is 11.5. The van der Waals surface area contributed by atoms with E-state index in [4.69, 9.17) is 10.5 Å². The molecule has 2 aliphatic carbocycles. The predicted molar refractivity (Wildman–Crippen MR) is 61.9 cm³/mol. The first-order valence-electron chi connectivity index (χ1n) is 6.36. The monoisotopic (exact) mass is 226 g/mol. The van der Waals surface area contributed by atoms with Crippen molar-refractivity contribution in [3.8, 4) is 0 Å². The topological polar surface area (TPSA) is 64.3 Å². The van der Waals surface area contributed by atoms with Crippen molar-refractivity contribution in [2.24, 2.45) is 5.73 Å². The van der Waals surface area contributed by atoms with Crippen molar-refractivity contribution in [1.82, 2.24) is 5.32 Å². The molecule has 0 spiro atoms. The molecule has 3 unspecified atom stereocenters. The summed E-state index contributed by atoms with van der Waals surface area (Å²) in [6, 6.07) is 0.657. The summed E-state index contributed by atoms with van der Waals surface area (Å²) in [7, 11) is 0. The van der Waals surface area contributed by atoms with Gasteiger partial charge in [-0.3, -0.25) is 4.79 Å². The normalized spacial score (nSPS) is 32.1. The van der Waals surface area contributed by atoms with E-state index in [0.29, 0.717) is 6.04 Å². The van der Waals surface area contributed by atoms with Crippen LogP contribution >= 0.6 is 0 Å². The van der Waals surface area contributed by atoms with E-state index in [-0.39, 0.29) is 24.2 Å². The molecule has 0 bridgehead atoms. The van der Waals surface area contributed by atoms with Crippen LogP contribution in [-0.4, -0.2) is 30.2 Å². The zero-order valence-corrected chi connectivity index (χ0v) is 9.95. The Hall–Kier alpha value is -0.610. The lowest BCUT2D eigenvalue weighted by Crippen LogP contribution is -2.40. The van der Waals surface area contributed by atoms with Gasteiger partial charge in [0.1, 0.15) is 6.10 Å². The first-order chi connectivity index (χ1) is 7.65. The molecule has 4 nitrogen and oxygen atoms in total. The molecular formula is C12H22N2O2. The Morgan fingerprint density at radius 2 is 2.12 bits per heavy atom. The van der Waals surface area contributed by atoms with Crippen LogP contribution in [-0.2, 0) is 9.53 Å². The Balaban J connectivity index is 1.72. The maximum atomic E-state index is 11.7. The van der Waals surface area contributed by atoms with E-state index in [1.165, 1.54) is 0 Å². The number of ether oxygens (including phenoxy) is 1. The van der Waals surface area contributed by atoms with Gasteiger partial charge in [-0.15, -0.1) is 0 Å². The van der Waals surface area contributed by atoms with Crippen LogP contribution in [0.5, 0.6) is 0 Å². The van der Waals surface area contributed by atoms with Gasteiger partial charge in [-0.05, 0) is 45.4 Å². The minimum absolute atomic E-state index is 0.0293. The molecule has 2 rings (SSSR count). The van der Waals surface area contributed by atoms with E-state index in [0.717, 1.165) is 38.5 Å². The second-order valence-electron chi connectivity index (χ2n) is 5.11. The lowest BCUT2D eigenvalue weighted by molar-refractivity contribution is -0.136. The summed E-state index contributed by atoms with van der Waals surface area (Å²) >= 11 is 0. The summed E-state index contributed by atoms with van der Waals surface area (Å²) in [5, 5.41) is 2.96. The van der Waals surface area contributed by atoms with Crippen LogP contribution < -0.4 is 11.1 Å². The average Bonchev–Trinajstić information content (AvgIpc) is 3.01. The van der Waals surface area contributed by atoms with Crippen molar-refractivity contribution in [3.63, 3.8) is 0 Å². The second-order valence-corrected chi connectivity index (χ2v) is 5.11. The number of hydrogen-bond acceptors (Lipinski definition) is 3. The number of carbonyl (C=O) groups excluding carboxylic acids is 1. The molecule has 4 heteroatoms. The van der Waals surface area contributed by atoms with E-state index in [1.54, 1.807) is 0 Å². The van der Waals surface area contributed by atoms with Gasteiger partial charge in [0.05, 0.1) is 6.10 Å². The number of amides is 1. The number of nitrogens with one attached hydrogen (secondary N) is 1. The van der Waals surface area contributed by atoms with Gasteiger partial charge in [-0.25, -0.2) is 0 Å². The second kappa shape index (κ2) is 5.15. The Bertz CT molecular complexity index is 253. The Kier molecular flexibility index (Phi) is 3.82. The van der Waals surface area contributed by atoms with Gasteiger partial charge in [-0.2, -0.15) is 0 Å². The van der Waals surface area contributed by atoms with Crippen molar-refractivity contribution in [2.75, 3.05) is 0 Å². The smallest absolute Gasteiger partial charge is 0.249 e. The van der Waals surface area contributed by atoms with Gasteiger partial charge in [0.2, 0.25) is 5.91 Å². The highest BCUT2D eigenvalue weighted by molar-refractivity contribution is 5.80. The predicted octanol–water partition coefficient (Wildman–Crippen LogP) is 0.940. The van der Waals surface area contributed by atoms with Gasteiger partial charge in [0.25, 0.3) is 0 Å². The van der Waals surface area contributed by atoms with E-state index in [2.05, 4.69) is 5.32 Å². The summed E-state index contributed by atoms with van der Waals surface area (Å²) in [6.07, 6.45) is 6.19. The SMILES string of the molecule is CC(OC1CCCC(N)C1)C(=O)NC1CC1. The zero-order valence-electron chi connectivity index (χ0n) is 9.95. The van der Waals surface area contributed by atoms with E-state index < -0.39 is 0 Å². The fraction of sp³-hybridized carbons (Fsp3) is 0.917. The molecule has 2 aliphatic rings. The van der Waals surface area contributed by atoms with Gasteiger partial charge < -0.3 is 15.8 Å². The molecule has 0 aromatic rings. The van der Waals surface area contributed by atoms with E-state index >= 15 is 0 Å². The molecule has 0 heterocycles. The standard InChI is InChI=1S/C12H22N2O2/c1-8(12(15)14-10-5-6-10)16-11-4-2-3-9(13)7-11/h8-11H,2-7,13H2,1H3,(H,14,15). The summed E-state index contributed by atoms with van der Waals surface area (Å²) in [5.74, 6) is 0.0293. The maximum absolute atomic E-state index is 11.7. The fourth-order valence-electron chi connectivity index (χ4n) is 2.20. The van der Waals surface area contributed by atoms with Crippen LogP contribution in [0, 0.1) is 0 Å². The number of nitrogens with two attached hydrogens (primary N) is 1. The van der Waals surface area contributed by atoms with Crippen molar-refractivity contribution in [3.05, 3.63) is 0 Å². The first kappa shape index (κ1) is 11.9. The first-order valence-corrected chi connectivity index (χ1v) is 6.36. The van der Waals surface area contributed by atoms with Crippen LogP contribution in [0.2, 0.25) is 0 Å². The number of hydrogen-bond donors (Lipinski definition) is 2. The summed E-state index contributed by atoms with van der Waals surface area (Å²) in [4.78, 5) is 11.7. The van der Waals surface area contributed by atoms with Gasteiger partial charge in [0.15, 0.2) is 0 Å². The Morgan fingerprint density at radius 1 is 1.38 bits per heavy atom. The maximum Gasteiger partial charge on any atom is 0.249 e. The minimum atomic E-state index is -0.337. The van der Waals surface area contributed by atoms with Crippen LogP contribution in [0.3, 0.4) is 0 Å². The average molecular weight is 226 g/mol. The van der Waals surface area contributed by atoms with Crippen molar-refractivity contribution >= 4 is 5.91 Å². The molecule has 92 valence electrons. The molecule has 16 heavy (non-hydrogen) atoms. The quantitative estimate of drug-likeness (QED) is 0.750. The lowest BCUT2D eigenvalue weighted by atomic mass is 9.93. The molecule has 0 aliphatic heterocycles. The third-order valence-corrected chi connectivity index (χ3v) is 3.36. The molecule has 2 saturated carbocycles. The minimum Gasteiger partial charge on any atom is -0.365 e. The molecule has 0 saturated heterocycles. The molecule has 2 fully saturated rings. The van der Waals surface area contributed by atoms with Crippen LogP contribution in [0.4, 0.5) is 0 Å². The summed E-state index contributed by atoms with van der Waals surface area (Å²) < 4.78 is 5.76. The fourth-order valence-corrected chi connectivity index (χ4v) is 2.20. The lowest BCUT2D eigenvalue weighted by Gasteiger charge is -2.28. The third-order valence-electron chi connectivity index (χ3n) is 3.36. The van der Waals surface area contributed by atoms with Crippen LogP contribution in [0.15, 0.2) is 0 Å². The Morgan fingerprint density at radius 3 is 2.75 bits per heavy atom. The van der Waals surface area contributed by atoms with Gasteiger partial charge >= 0.3 is 0 Å². The molecule has 3 atom stereocenters. The molecular weight excluding hydrogens is 204 g/mol. The summed E-state index contributed by atoms with van der Waals surface area (Å²) in [6.45, 7) is 1.83. The van der Waals surface area contributed by atoms with E-state index in [1.807, 2.05) is 6.92 Å². The molecule has 1 amide bonds. The molecule has 0 aromatic carbocycles. The van der Waals surface area contributed by atoms with Gasteiger partial charge in [-0.1, -0.05) is 0 Å². The highest BCUT2D eigenvalue weighted by Gasteiger charge is 2.28. The van der Waals surface area contributed by atoms with E-state index in [9.17, 15) is 4.79 Å². The highest BCUT2D eigenvalue weighted by Crippen LogP contribution is 2.22. The van der Waals surface area contributed by atoms with Gasteiger partial charge in [0, 0.05) is 12.1 Å². The van der Waals surface area contributed by atoms with Crippen LogP contribution in [0.25, 0.3) is 0 Å². The van der Waals surface area contributed by atoms with Crippen molar-refractivity contribution in [1.29, 1.82) is 0 Å². The molecule has 0 radical (unpaired) electrons.